The van der Waals surface area contributed by atoms with E-state index in [4.69, 9.17) is 5.11 Å². The number of hydrogen-bond acceptors (Lipinski definition) is 1. The first-order chi connectivity index (χ1) is 3.81. The summed E-state index contributed by atoms with van der Waals surface area (Å²) in [5.41, 5.74) is 1.17. The molecule has 0 saturated carbocycles. The first kappa shape index (κ1) is 7.44. The van der Waals surface area contributed by atoms with Crippen LogP contribution >= 0.6 is 0 Å². The Morgan fingerprint density at radius 1 is 1.75 bits per heavy atom. The summed E-state index contributed by atoms with van der Waals surface area (Å²) < 4.78 is 0. The first-order valence-corrected chi connectivity index (χ1v) is 2.70. The van der Waals surface area contributed by atoms with E-state index in [9.17, 15) is 0 Å². The summed E-state index contributed by atoms with van der Waals surface area (Å²) >= 11 is 0. The van der Waals surface area contributed by atoms with Crippen LogP contribution in [0.1, 0.15) is 13.3 Å². The molecule has 0 radical (unpaired) electrons. The van der Waals surface area contributed by atoms with Gasteiger partial charge in [-0.05, 0) is 13.3 Å². The summed E-state index contributed by atoms with van der Waals surface area (Å²) in [5.74, 6) is 0. The van der Waals surface area contributed by atoms with Gasteiger partial charge in [0.05, 0.1) is 0 Å². The molecule has 0 amide bonds. The Bertz CT molecular complexity index is 92.6. The van der Waals surface area contributed by atoms with Crippen LogP contribution in [0.5, 0.6) is 0 Å². The molecule has 1 heteroatoms. The summed E-state index contributed by atoms with van der Waals surface area (Å²) in [6.45, 7) is 5.73. The summed E-state index contributed by atoms with van der Waals surface area (Å²) in [4.78, 5) is 0. The SMILES string of the molecule is C=C/C=C(\C)CCO. The number of rotatable bonds is 3. The van der Waals surface area contributed by atoms with Gasteiger partial charge in [-0.2, -0.15) is 0 Å². The lowest BCUT2D eigenvalue weighted by Gasteiger charge is -1.91. The average Bonchev–Trinajstić information content (AvgIpc) is 1.68. The predicted octanol–water partition coefficient (Wildman–Crippen LogP) is 1.50. The number of aliphatic hydroxyl groups excluding tert-OH is 1. The third-order valence-electron chi connectivity index (χ3n) is 0.909. The Morgan fingerprint density at radius 3 is 2.75 bits per heavy atom. The zero-order valence-corrected chi connectivity index (χ0v) is 5.22. The Kier molecular flexibility index (Phi) is 4.27. The minimum Gasteiger partial charge on any atom is -0.396 e. The van der Waals surface area contributed by atoms with E-state index < -0.39 is 0 Å². The molecule has 0 aliphatic carbocycles. The van der Waals surface area contributed by atoms with E-state index >= 15 is 0 Å². The Hall–Kier alpha value is -0.560. The van der Waals surface area contributed by atoms with Gasteiger partial charge in [0.25, 0.3) is 0 Å². The molecule has 1 N–H and O–H groups in total. The van der Waals surface area contributed by atoms with Crippen LogP contribution in [0, 0.1) is 0 Å². The monoisotopic (exact) mass is 112 g/mol. The van der Waals surface area contributed by atoms with Crippen molar-refractivity contribution in [2.45, 2.75) is 13.3 Å². The van der Waals surface area contributed by atoms with E-state index in [-0.39, 0.29) is 6.61 Å². The van der Waals surface area contributed by atoms with Crippen LogP contribution in [0.15, 0.2) is 24.3 Å². The van der Waals surface area contributed by atoms with Gasteiger partial charge in [0.1, 0.15) is 0 Å². The van der Waals surface area contributed by atoms with Crippen molar-refractivity contribution < 1.29 is 5.11 Å². The molecular formula is C7H12O. The van der Waals surface area contributed by atoms with E-state index in [2.05, 4.69) is 6.58 Å². The van der Waals surface area contributed by atoms with Crippen LogP contribution in [-0.2, 0) is 0 Å². The fraction of sp³-hybridized carbons (Fsp3) is 0.429. The fourth-order valence-corrected chi connectivity index (χ4v) is 0.461. The molecule has 0 saturated heterocycles. The van der Waals surface area contributed by atoms with Crippen LogP contribution in [0.25, 0.3) is 0 Å². The van der Waals surface area contributed by atoms with Crippen LogP contribution in [-0.4, -0.2) is 11.7 Å². The topological polar surface area (TPSA) is 20.2 Å². The fourth-order valence-electron chi connectivity index (χ4n) is 0.461. The molecule has 0 heterocycles. The predicted molar refractivity (Wildman–Crippen MR) is 35.7 cm³/mol. The van der Waals surface area contributed by atoms with Gasteiger partial charge in [-0.25, -0.2) is 0 Å². The second kappa shape index (κ2) is 4.60. The van der Waals surface area contributed by atoms with E-state index in [0.29, 0.717) is 0 Å². The molecule has 0 fully saturated rings. The molecule has 8 heavy (non-hydrogen) atoms. The first-order valence-electron chi connectivity index (χ1n) is 2.70. The van der Waals surface area contributed by atoms with E-state index in [1.807, 2.05) is 13.0 Å². The lowest BCUT2D eigenvalue weighted by atomic mass is 10.2. The van der Waals surface area contributed by atoms with Gasteiger partial charge in [-0.15, -0.1) is 0 Å². The molecule has 0 bridgehead atoms. The van der Waals surface area contributed by atoms with Crippen molar-refractivity contribution in [3.8, 4) is 0 Å². The van der Waals surface area contributed by atoms with Gasteiger partial charge in [0, 0.05) is 6.61 Å². The normalized spacial score (nSPS) is 11.5. The molecule has 46 valence electrons. The lowest BCUT2D eigenvalue weighted by Crippen LogP contribution is -1.81. The molecule has 0 spiro atoms. The molecule has 1 nitrogen and oxygen atoms in total. The highest BCUT2D eigenvalue weighted by Gasteiger charge is 1.81. The Labute approximate surface area is 50.3 Å². The van der Waals surface area contributed by atoms with Crippen molar-refractivity contribution >= 4 is 0 Å². The van der Waals surface area contributed by atoms with E-state index in [1.54, 1.807) is 6.08 Å². The van der Waals surface area contributed by atoms with Crippen LogP contribution < -0.4 is 0 Å². The van der Waals surface area contributed by atoms with Crippen molar-refractivity contribution in [2.75, 3.05) is 6.61 Å². The molecule has 0 aromatic rings. The van der Waals surface area contributed by atoms with Crippen LogP contribution in [0.3, 0.4) is 0 Å². The second-order valence-corrected chi connectivity index (χ2v) is 1.72. The van der Waals surface area contributed by atoms with Gasteiger partial charge in [0.2, 0.25) is 0 Å². The molecule has 0 atom stereocenters. The largest absolute Gasteiger partial charge is 0.396 e. The molecular weight excluding hydrogens is 100 g/mol. The standard InChI is InChI=1S/C7H12O/c1-3-4-7(2)5-6-8/h3-4,8H,1,5-6H2,2H3/b7-4+. The second-order valence-electron chi connectivity index (χ2n) is 1.72. The highest BCUT2D eigenvalue weighted by molar-refractivity contribution is 5.07. The van der Waals surface area contributed by atoms with Crippen molar-refractivity contribution in [2.24, 2.45) is 0 Å². The lowest BCUT2D eigenvalue weighted by molar-refractivity contribution is 0.299. The van der Waals surface area contributed by atoms with Crippen molar-refractivity contribution in [1.82, 2.24) is 0 Å². The third-order valence-corrected chi connectivity index (χ3v) is 0.909. The van der Waals surface area contributed by atoms with E-state index in [1.165, 1.54) is 5.57 Å². The third kappa shape index (κ3) is 3.62. The molecule has 0 aromatic carbocycles. The molecule has 0 rings (SSSR count). The van der Waals surface area contributed by atoms with Gasteiger partial charge in [-0.1, -0.05) is 24.3 Å². The van der Waals surface area contributed by atoms with Gasteiger partial charge >= 0.3 is 0 Å². The molecule has 0 unspecified atom stereocenters. The van der Waals surface area contributed by atoms with Crippen LogP contribution in [0.4, 0.5) is 0 Å². The Balaban J connectivity index is 3.44. The highest BCUT2D eigenvalue weighted by atomic mass is 16.2. The number of hydrogen-bond donors (Lipinski definition) is 1. The highest BCUT2D eigenvalue weighted by Crippen LogP contribution is 1.96. The number of aliphatic hydroxyl groups is 1. The molecule has 0 aromatic heterocycles. The molecule has 0 aliphatic rings. The maximum absolute atomic E-state index is 8.39. The van der Waals surface area contributed by atoms with Crippen molar-refractivity contribution in [3.63, 3.8) is 0 Å². The summed E-state index contributed by atoms with van der Waals surface area (Å²) in [7, 11) is 0. The number of allylic oxidation sites excluding steroid dienone is 2. The smallest absolute Gasteiger partial charge is 0.0468 e. The molecule has 0 aliphatic heterocycles. The van der Waals surface area contributed by atoms with Crippen LogP contribution in [0.2, 0.25) is 0 Å². The zero-order chi connectivity index (χ0) is 6.41. The van der Waals surface area contributed by atoms with Gasteiger partial charge in [0.15, 0.2) is 0 Å². The summed E-state index contributed by atoms with van der Waals surface area (Å²) in [5, 5.41) is 8.39. The van der Waals surface area contributed by atoms with Gasteiger partial charge in [-0.3, -0.25) is 0 Å². The summed E-state index contributed by atoms with van der Waals surface area (Å²) in [6.07, 6.45) is 4.38. The maximum Gasteiger partial charge on any atom is 0.0468 e. The van der Waals surface area contributed by atoms with Crippen molar-refractivity contribution in [1.29, 1.82) is 0 Å². The minimum absolute atomic E-state index is 0.232. The van der Waals surface area contributed by atoms with E-state index in [0.717, 1.165) is 6.42 Å². The van der Waals surface area contributed by atoms with Gasteiger partial charge < -0.3 is 5.11 Å². The maximum atomic E-state index is 8.39. The average molecular weight is 112 g/mol. The Morgan fingerprint density at radius 2 is 2.38 bits per heavy atom. The quantitative estimate of drug-likeness (QED) is 0.548. The minimum atomic E-state index is 0.232. The van der Waals surface area contributed by atoms with Crippen molar-refractivity contribution in [3.05, 3.63) is 24.3 Å². The summed E-state index contributed by atoms with van der Waals surface area (Å²) in [6, 6.07) is 0. The zero-order valence-electron chi connectivity index (χ0n) is 5.22.